The molecule has 3 N–H and O–H groups in total. The largest absolute Gasteiger partial charge is 0.452 e. The Morgan fingerprint density at radius 3 is 2.60 bits per heavy atom. The van der Waals surface area contributed by atoms with Crippen LogP contribution in [0.1, 0.15) is 27.6 Å². The SMILES string of the molecule is CC[S@](=O)c1ccccc1C(=O)OCC(=O)Nc1sccc1C(N)=O. The molecule has 2 rings (SSSR count). The molecule has 2 aromatic rings. The van der Waals surface area contributed by atoms with Gasteiger partial charge in [-0.2, -0.15) is 0 Å². The van der Waals surface area contributed by atoms with E-state index in [9.17, 15) is 18.6 Å². The highest BCUT2D eigenvalue weighted by Crippen LogP contribution is 2.22. The van der Waals surface area contributed by atoms with Crippen LogP contribution in [0, 0.1) is 0 Å². The van der Waals surface area contributed by atoms with Crippen molar-refractivity contribution in [2.75, 3.05) is 17.7 Å². The summed E-state index contributed by atoms with van der Waals surface area (Å²) in [5.41, 5.74) is 5.54. The van der Waals surface area contributed by atoms with Crippen LogP contribution >= 0.6 is 11.3 Å². The average Bonchev–Trinajstić information content (AvgIpc) is 3.07. The first kappa shape index (κ1) is 18.8. The molecule has 0 spiro atoms. The molecule has 0 saturated carbocycles. The number of hydrogen-bond donors (Lipinski definition) is 2. The number of nitrogens with one attached hydrogen (secondary N) is 1. The topological polar surface area (TPSA) is 116 Å². The lowest BCUT2D eigenvalue weighted by Gasteiger charge is -2.09. The summed E-state index contributed by atoms with van der Waals surface area (Å²) in [6, 6.07) is 7.87. The number of esters is 1. The minimum Gasteiger partial charge on any atom is -0.452 e. The second-order valence-corrected chi connectivity index (χ2v) is 7.41. The molecule has 1 atom stereocenters. The van der Waals surface area contributed by atoms with Crippen molar-refractivity contribution in [1.82, 2.24) is 0 Å². The number of nitrogens with two attached hydrogens (primary N) is 1. The van der Waals surface area contributed by atoms with E-state index >= 15 is 0 Å². The van der Waals surface area contributed by atoms with Crippen LogP contribution in [0.3, 0.4) is 0 Å². The highest BCUT2D eigenvalue weighted by Gasteiger charge is 2.18. The standard InChI is InChI=1S/C16H16N2O5S2/c1-2-25(22)12-6-4-3-5-10(12)16(21)23-9-13(19)18-15-11(14(17)20)7-8-24-15/h3-8H,2,9H2,1H3,(H2,17,20)(H,18,19)/t25-/m0/s1. The Morgan fingerprint density at radius 2 is 1.92 bits per heavy atom. The molecule has 0 unspecified atom stereocenters. The van der Waals surface area contributed by atoms with Crippen LogP contribution in [0.4, 0.5) is 5.00 Å². The van der Waals surface area contributed by atoms with Crippen LogP contribution in [-0.2, 0) is 20.3 Å². The van der Waals surface area contributed by atoms with Crippen LogP contribution < -0.4 is 11.1 Å². The van der Waals surface area contributed by atoms with Gasteiger partial charge in [0.15, 0.2) is 6.61 Å². The zero-order valence-corrected chi connectivity index (χ0v) is 14.9. The second kappa shape index (κ2) is 8.54. The normalized spacial score (nSPS) is 11.6. The summed E-state index contributed by atoms with van der Waals surface area (Å²) in [6.07, 6.45) is 0. The monoisotopic (exact) mass is 380 g/mol. The number of rotatable bonds is 7. The first-order valence-electron chi connectivity index (χ1n) is 7.25. The minimum atomic E-state index is -1.32. The van der Waals surface area contributed by atoms with Gasteiger partial charge in [-0.1, -0.05) is 19.1 Å². The van der Waals surface area contributed by atoms with Crippen molar-refractivity contribution in [2.24, 2.45) is 5.73 Å². The van der Waals surface area contributed by atoms with E-state index in [0.29, 0.717) is 15.6 Å². The van der Waals surface area contributed by atoms with Crippen molar-refractivity contribution in [2.45, 2.75) is 11.8 Å². The summed E-state index contributed by atoms with van der Waals surface area (Å²) in [7, 11) is -1.32. The maximum atomic E-state index is 12.2. The van der Waals surface area contributed by atoms with Crippen LogP contribution in [-0.4, -0.2) is 34.4 Å². The van der Waals surface area contributed by atoms with Gasteiger partial charge in [0.2, 0.25) is 0 Å². The van der Waals surface area contributed by atoms with E-state index in [1.165, 1.54) is 12.1 Å². The van der Waals surface area contributed by atoms with Gasteiger partial charge in [0.25, 0.3) is 11.8 Å². The molecule has 7 nitrogen and oxygen atoms in total. The molecular formula is C16H16N2O5S2. The maximum absolute atomic E-state index is 12.2. The van der Waals surface area contributed by atoms with Crippen LogP contribution in [0.5, 0.6) is 0 Å². The zero-order valence-electron chi connectivity index (χ0n) is 13.3. The molecule has 1 heterocycles. The van der Waals surface area contributed by atoms with E-state index in [1.807, 2.05) is 0 Å². The Kier molecular flexibility index (Phi) is 6.43. The molecule has 1 aromatic carbocycles. The molecule has 0 saturated heterocycles. The van der Waals surface area contributed by atoms with Crippen LogP contribution in [0.25, 0.3) is 0 Å². The van der Waals surface area contributed by atoms with E-state index in [-0.39, 0.29) is 11.1 Å². The highest BCUT2D eigenvalue weighted by atomic mass is 32.2. The number of carbonyl (C=O) groups is 3. The van der Waals surface area contributed by atoms with E-state index in [1.54, 1.807) is 30.5 Å². The average molecular weight is 380 g/mol. The molecule has 0 fully saturated rings. The van der Waals surface area contributed by atoms with Crippen molar-refractivity contribution >= 4 is 44.9 Å². The summed E-state index contributed by atoms with van der Waals surface area (Å²) in [5, 5.41) is 4.37. The fraction of sp³-hybridized carbons (Fsp3) is 0.188. The second-order valence-electron chi connectivity index (χ2n) is 4.78. The zero-order chi connectivity index (χ0) is 18.4. The van der Waals surface area contributed by atoms with E-state index in [0.717, 1.165) is 11.3 Å². The first-order valence-corrected chi connectivity index (χ1v) is 9.45. The highest BCUT2D eigenvalue weighted by molar-refractivity contribution is 7.85. The van der Waals surface area contributed by atoms with Gasteiger partial charge >= 0.3 is 5.97 Å². The molecule has 1 aromatic heterocycles. The smallest absolute Gasteiger partial charge is 0.339 e. The third-order valence-electron chi connectivity index (χ3n) is 3.13. The van der Waals surface area contributed by atoms with Gasteiger partial charge in [-0.3, -0.25) is 13.8 Å². The quantitative estimate of drug-likeness (QED) is 0.710. The molecule has 0 aliphatic rings. The number of primary amides is 1. The molecule has 0 bridgehead atoms. The summed E-state index contributed by atoms with van der Waals surface area (Å²) < 4.78 is 16.9. The minimum absolute atomic E-state index is 0.157. The van der Waals surface area contributed by atoms with E-state index in [4.69, 9.17) is 10.5 Å². The fourth-order valence-electron chi connectivity index (χ4n) is 1.96. The van der Waals surface area contributed by atoms with E-state index in [2.05, 4.69) is 5.32 Å². The summed E-state index contributed by atoms with van der Waals surface area (Å²) >= 11 is 1.13. The predicted molar refractivity (Wildman–Crippen MR) is 95.1 cm³/mol. The molecule has 132 valence electrons. The number of anilines is 1. The van der Waals surface area contributed by atoms with Gasteiger partial charge < -0.3 is 15.8 Å². The Morgan fingerprint density at radius 1 is 1.20 bits per heavy atom. The van der Waals surface area contributed by atoms with Gasteiger partial charge in [-0.25, -0.2) is 4.79 Å². The van der Waals surface area contributed by atoms with Gasteiger partial charge in [0.05, 0.1) is 26.8 Å². The molecule has 2 amide bonds. The maximum Gasteiger partial charge on any atom is 0.339 e. The lowest BCUT2D eigenvalue weighted by molar-refractivity contribution is -0.119. The summed E-state index contributed by atoms with van der Waals surface area (Å²) in [5.74, 6) is -1.65. The number of amides is 2. The van der Waals surface area contributed by atoms with E-state index < -0.39 is 35.2 Å². The molecule has 0 aliphatic carbocycles. The fourth-order valence-corrected chi connectivity index (χ4v) is 3.71. The third kappa shape index (κ3) is 4.74. The lowest BCUT2D eigenvalue weighted by Crippen LogP contribution is -2.22. The van der Waals surface area contributed by atoms with Crippen molar-refractivity contribution < 1.29 is 23.3 Å². The number of benzene rings is 1. The molecular weight excluding hydrogens is 364 g/mol. The summed E-state index contributed by atoms with van der Waals surface area (Å²) in [6.45, 7) is 1.20. The van der Waals surface area contributed by atoms with Gasteiger partial charge in [-0.05, 0) is 23.6 Å². The number of thiophene rings is 1. The number of carbonyl (C=O) groups excluding carboxylic acids is 3. The van der Waals surface area contributed by atoms with Gasteiger partial charge in [0, 0.05) is 5.75 Å². The Bertz CT molecular complexity index is 831. The Labute approximate surface area is 150 Å². The predicted octanol–water partition coefficient (Wildman–Crippen LogP) is 1.77. The first-order chi connectivity index (χ1) is 11.9. The lowest BCUT2D eigenvalue weighted by atomic mass is 10.2. The van der Waals surface area contributed by atoms with Crippen LogP contribution in [0.2, 0.25) is 0 Å². The van der Waals surface area contributed by atoms with Gasteiger partial charge in [0.1, 0.15) is 5.00 Å². The molecule has 0 radical (unpaired) electrons. The van der Waals surface area contributed by atoms with Crippen molar-refractivity contribution in [1.29, 1.82) is 0 Å². The van der Waals surface area contributed by atoms with Gasteiger partial charge in [-0.15, -0.1) is 11.3 Å². The third-order valence-corrected chi connectivity index (χ3v) is 5.33. The van der Waals surface area contributed by atoms with Crippen molar-refractivity contribution in [3.8, 4) is 0 Å². The van der Waals surface area contributed by atoms with Crippen molar-refractivity contribution in [3.05, 3.63) is 46.8 Å². The molecule has 25 heavy (non-hydrogen) atoms. The summed E-state index contributed by atoms with van der Waals surface area (Å²) in [4.78, 5) is 35.6. The molecule has 0 aliphatic heterocycles. The Hall–Kier alpha value is -2.52. The number of ether oxygens (including phenoxy) is 1. The molecule has 9 heteroatoms. The Balaban J connectivity index is 2.01. The van der Waals surface area contributed by atoms with Crippen molar-refractivity contribution in [3.63, 3.8) is 0 Å². The number of hydrogen-bond acceptors (Lipinski definition) is 6. The van der Waals surface area contributed by atoms with Crippen LogP contribution in [0.15, 0.2) is 40.6 Å².